The monoisotopic (exact) mass is 970 g/mol. The molecule has 6 amide bonds. The van der Waals surface area contributed by atoms with Gasteiger partial charge in [0.15, 0.2) is 0 Å². The first-order valence-electron chi connectivity index (χ1n) is 18.2. The first-order chi connectivity index (χ1) is 29.3. The van der Waals surface area contributed by atoms with Gasteiger partial charge in [-0.05, 0) is 43.3 Å². The van der Waals surface area contributed by atoms with E-state index in [0.29, 0.717) is 23.0 Å². The van der Waals surface area contributed by atoms with Crippen LogP contribution in [0.1, 0.15) is 8.35 Å². The second-order valence-electron chi connectivity index (χ2n) is 12.3. The van der Waals surface area contributed by atoms with E-state index in [0.717, 1.165) is 14.7 Å². The molecule has 0 aliphatic carbocycles. The van der Waals surface area contributed by atoms with E-state index in [1.54, 1.807) is 43.2 Å². The van der Waals surface area contributed by atoms with Gasteiger partial charge in [-0.15, -0.1) is 0 Å². The first-order valence-corrected chi connectivity index (χ1v) is 25.8. The van der Waals surface area contributed by atoms with E-state index < -0.39 is 36.2 Å². The highest BCUT2D eigenvalue weighted by Crippen LogP contribution is 2.32. The fourth-order valence-electron chi connectivity index (χ4n) is 4.31. The molecule has 8 N–H and O–H groups in total. The number of carbonyl (C=O) groups is 8. The largest absolute Gasteiger partial charge is 0.415 e. The van der Waals surface area contributed by atoms with Gasteiger partial charge in [0, 0.05) is 39.1 Å². The van der Waals surface area contributed by atoms with Gasteiger partial charge in [0.1, 0.15) is 23.9 Å². The Morgan fingerprint density at radius 3 is 1.57 bits per heavy atom. The average Bonchev–Trinajstić information content (AvgIpc) is 3.59. The van der Waals surface area contributed by atoms with Gasteiger partial charge in [-0.3, -0.25) is 28.8 Å². The lowest BCUT2D eigenvalue weighted by atomic mass is 10.2. The van der Waals surface area contributed by atoms with Crippen LogP contribution < -0.4 is 37.6 Å². The van der Waals surface area contributed by atoms with E-state index in [4.69, 9.17) is 5.73 Å². The highest BCUT2D eigenvalue weighted by molar-refractivity contribution is 8.77. The van der Waals surface area contributed by atoms with Crippen molar-refractivity contribution in [1.29, 1.82) is 0 Å². The molecule has 3 aromatic carbocycles. The quantitative estimate of drug-likeness (QED) is 0.0444. The van der Waals surface area contributed by atoms with Crippen LogP contribution in [-0.2, 0) is 38.3 Å². The van der Waals surface area contributed by atoms with Crippen LogP contribution >= 0.6 is 77.4 Å². The van der Waals surface area contributed by atoms with Gasteiger partial charge in [0.05, 0.1) is 25.7 Å². The Morgan fingerprint density at radius 2 is 1.15 bits per heavy atom. The number of nitrogens with one attached hydrogen (secondary N) is 6. The van der Waals surface area contributed by atoms with Crippen LogP contribution in [0.15, 0.2) is 106 Å². The number of carbonyl (C=O) groups excluding carboxylic acids is 8. The third-order valence-electron chi connectivity index (χ3n) is 7.36. The molecule has 3 saturated heterocycles. The number of esters is 1. The summed E-state index contributed by atoms with van der Waals surface area (Å²) in [6, 6.07) is 27.6. The molecule has 16 nitrogen and oxygen atoms in total. The smallest absolute Gasteiger partial charge is 0.375 e. The van der Waals surface area contributed by atoms with Crippen molar-refractivity contribution >= 4 is 125 Å². The van der Waals surface area contributed by atoms with Gasteiger partial charge in [-0.25, -0.2) is 9.59 Å². The van der Waals surface area contributed by atoms with Crippen LogP contribution in [0, 0.1) is 0 Å². The molecule has 3 heterocycles. The molecule has 6 rings (SSSR count). The van der Waals surface area contributed by atoms with E-state index in [2.05, 4.69) is 49.3 Å². The average molecular weight is 971 g/mol. The molecule has 0 aromatic heterocycles. The number of rotatable bonds is 16. The van der Waals surface area contributed by atoms with Crippen molar-refractivity contribution in [2.45, 2.75) is 45.8 Å². The second kappa shape index (κ2) is 29.4. The normalized spacial score (nSPS) is 18.2. The highest BCUT2D eigenvalue weighted by Gasteiger charge is 2.32. The van der Waals surface area contributed by atoms with Crippen molar-refractivity contribution < 1.29 is 44.5 Å². The third kappa shape index (κ3) is 21.6. The lowest BCUT2D eigenvalue weighted by molar-refractivity contribution is -0.135. The molecule has 0 bridgehead atoms. The van der Waals surface area contributed by atoms with Crippen molar-refractivity contribution in [2.75, 3.05) is 42.6 Å². The third-order valence-corrected chi connectivity index (χ3v) is 14.9. The summed E-state index contributed by atoms with van der Waals surface area (Å²) in [6.45, 7) is 1.64. The molecule has 23 heteroatoms. The molecule has 0 spiro atoms. The van der Waals surface area contributed by atoms with E-state index >= 15 is 0 Å². The number of amides is 6. The summed E-state index contributed by atoms with van der Waals surface area (Å²) in [5.41, 5.74) is 5.71. The molecule has 0 saturated carbocycles. The minimum atomic E-state index is -0.652. The Labute approximate surface area is 383 Å². The number of alkyl carbamates (subject to hydrolysis) is 1. The van der Waals surface area contributed by atoms with E-state index in [-0.39, 0.29) is 56.4 Å². The number of cyclic esters (lactones) is 2. The number of thiol groups is 1. The summed E-state index contributed by atoms with van der Waals surface area (Å²) in [5, 5.41) is 15.1. The van der Waals surface area contributed by atoms with Gasteiger partial charge < -0.3 is 42.4 Å². The van der Waals surface area contributed by atoms with Crippen LogP contribution in [0.2, 0.25) is 0 Å². The van der Waals surface area contributed by atoms with Crippen molar-refractivity contribution in [3.05, 3.63) is 91.0 Å². The van der Waals surface area contributed by atoms with Crippen LogP contribution in [0.4, 0.5) is 4.79 Å². The topological polar surface area (TPSA) is 244 Å². The molecular weight excluding hydrogens is 923 g/mol. The van der Waals surface area contributed by atoms with Gasteiger partial charge in [0.2, 0.25) is 29.5 Å². The maximum Gasteiger partial charge on any atom is 0.415 e. The van der Waals surface area contributed by atoms with Gasteiger partial charge in [-0.2, -0.15) is 12.6 Å². The molecule has 0 radical (unpaired) electrons. The zero-order chi connectivity index (χ0) is 44.4. The van der Waals surface area contributed by atoms with E-state index in [1.807, 2.05) is 91.0 Å². The summed E-state index contributed by atoms with van der Waals surface area (Å²) in [6.07, 6.45) is -0.652. The van der Waals surface area contributed by atoms with Crippen molar-refractivity contribution in [1.82, 2.24) is 31.9 Å². The number of ketones is 1. The van der Waals surface area contributed by atoms with Gasteiger partial charge in [-0.1, -0.05) is 119 Å². The summed E-state index contributed by atoms with van der Waals surface area (Å²) >= 11 is 3.89. The SMILES string of the molecule is CC(=O)CNC(=O)[C@@H](N)CSSc1ccccc1.O=C1CNC(=O)[C@H](CS)N1.O=C1CNC(=O)[C@H](CSSc2ccccc2)N1.O=C1N[C@@H](CSSc2ccccc2)C(=O)O1.[2HH]. The molecule has 0 unspecified atom stereocenters. The fraction of sp³-hybridized carbons (Fsp3) is 0.316. The van der Waals surface area contributed by atoms with E-state index in [9.17, 15) is 38.4 Å². The van der Waals surface area contributed by atoms with Crippen LogP contribution in [0.3, 0.4) is 0 Å². The highest BCUT2D eigenvalue weighted by atomic mass is 33.1. The predicted molar refractivity (Wildman–Crippen MR) is 250 cm³/mol. The maximum atomic E-state index is 11.5. The number of benzene rings is 3. The fourth-order valence-corrected chi connectivity index (χ4v) is 11.1. The Bertz CT molecular complexity index is 1920. The number of ether oxygens (including phenoxy) is 1. The van der Waals surface area contributed by atoms with Gasteiger partial charge in [0.25, 0.3) is 0 Å². The Morgan fingerprint density at radius 1 is 0.705 bits per heavy atom. The lowest BCUT2D eigenvalue weighted by Crippen LogP contribution is -2.57. The minimum absolute atomic E-state index is 0. The van der Waals surface area contributed by atoms with E-state index in [1.165, 1.54) is 28.5 Å². The van der Waals surface area contributed by atoms with Crippen molar-refractivity contribution in [3.63, 3.8) is 0 Å². The molecule has 4 atom stereocenters. The Balaban J connectivity index is 0.000000288. The summed E-state index contributed by atoms with van der Waals surface area (Å²) in [5.74, 6) is 0.514. The minimum Gasteiger partial charge on any atom is -0.375 e. The standard InChI is InChI=1S/C12H16N2O2S2.C11H12N2O2S2.C10H9NO3S2.C5H8N2O2S.H2/c1-9(15)7-14-12(16)11(13)8-17-18-10-5-3-2-4-6-10;14-10-6-12-11(15)9(13-10)7-16-17-8-4-2-1-3-5-8;12-9-8(11-10(13)14-9)6-15-16-7-4-2-1-3-5-7;8-4-1-6-5(9)3(2-10)7-4;/h2-6,11H,7-8,13H2,1H3,(H,14,16);1-5,9H,6-7H2,(H,12,15)(H,13,14);1-5,8H,6H2,(H,11,13);3,10H,1-2H2,(H,6,9)(H,7,8);1H/t11-;9-;8-;3-;/m0000./s1/i;;;;1+1. The lowest BCUT2D eigenvalue weighted by Gasteiger charge is -2.22. The number of Topliss-reactive ketones (excluding diaryl/α,β-unsaturated/α-hetero) is 1. The Hall–Kier alpha value is -3.97. The van der Waals surface area contributed by atoms with Gasteiger partial charge >= 0.3 is 12.1 Å². The molecule has 3 aliphatic heterocycles. The second-order valence-corrected chi connectivity index (χ2v) is 19.9. The van der Waals surface area contributed by atoms with Crippen LogP contribution in [0.25, 0.3) is 0 Å². The molecule has 330 valence electrons. The molecular formula is C38H47N7O9S7. The maximum absolute atomic E-state index is 11.5. The first kappa shape index (κ1) is 51.4. The summed E-state index contributed by atoms with van der Waals surface area (Å²) in [4.78, 5) is 91.3. The summed E-state index contributed by atoms with van der Waals surface area (Å²) < 4.78 is 4.37. The predicted octanol–water partition coefficient (Wildman–Crippen LogP) is 3.34. The molecule has 3 fully saturated rings. The van der Waals surface area contributed by atoms with Crippen molar-refractivity contribution in [3.8, 4) is 0 Å². The zero-order valence-electron chi connectivity index (χ0n) is 32.6. The number of nitrogens with two attached hydrogens (primary N) is 1. The van der Waals surface area contributed by atoms with Crippen molar-refractivity contribution in [2.24, 2.45) is 5.73 Å². The molecule has 61 heavy (non-hydrogen) atoms. The molecule has 3 aliphatic rings. The molecule has 3 aromatic rings. The number of piperazine rings is 2. The zero-order valence-corrected chi connectivity index (χ0v) is 38.4. The number of hydrogen-bond donors (Lipinski definition) is 8. The summed E-state index contributed by atoms with van der Waals surface area (Å²) in [7, 11) is 9.34. The van der Waals surface area contributed by atoms with Crippen LogP contribution in [-0.4, -0.2) is 114 Å². The van der Waals surface area contributed by atoms with Crippen LogP contribution in [0.5, 0.6) is 0 Å². The number of hydrogen-bond acceptors (Lipinski definition) is 17. The Kier molecular flexibility index (Phi) is 24.7.